The molecule has 18 heavy (non-hydrogen) atoms. The Morgan fingerprint density at radius 2 is 1.83 bits per heavy atom. The van der Waals surface area contributed by atoms with E-state index in [1.807, 2.05) is 0 Å². The lowest BCUT2D eigenvalue weighted by atomic mass is 10.0. The molecule has 0 unspecified atom stereocenters. The van der Waals surface area contributed by atoms with Crippen LogP contribution in [0.4, 0.5) is 5.13 Å². The van der Waals surface area contributed by atoms with E-state index in [1.54, 1.807) is 4.90 Å². The van der Waals surface area contributed by atoms with Crippen LogP contribution >= 0.6 is 11.3 Å². The third-order valence-electron chi connectivity index (χ3n) is 2.98. The van der Waals surface area contributed by atoms with E-state index >= 15 is 0 Å². The number of Topliss-reactive ketones (excluding diaryl/α,β-unsaturated/α-hetero) is 1. The molecule has 94 valence electrons. The maximum atomic E-state index is 11.7. The number of nitrogens with zero attached hydrogens (tertiary/aromatic N) is 2. The minimum absolute atomic E-state index is 0.0616. The average Bonchev–Trinajstić information content (AvgIpc) is 2.73. The zero-order chi connectivity index (χ0) is 12.7. The third-order valence-corrected chi connectivity index (χ3v) is 4.15. The van der Waals surface area contributed by atoms with Crippen molar-refractivity contribution in [3.05, 3.63) is 10.6 Å². The highest BCUT2D eigenvalue weighted by molar-refractivity contribution is 7.16. The summed E-state index contributed by atoms with van der Waals surface area (Å²) in [4.78, 5) is 41.2. The minimum atomic E-state index is -0.328. The summed E-state index contributed by atoms with van der Waals surface area (Å²) in [7, 11) is 0. The molecule has 1 aromatic rings. The summed E-state index contributed by atoms with van der Waals surface area (Å²) in [5.41, 5.74) is 0.527. The molecule has 1 fully saturated rings. The van der Waals surface area contributed by atoms with E-state index in [1.165, 1.54) is 11.3 Å². The molecule has 2 amide bonds. The number of carbonyl (C=O) groups is 3. The molecule has 7 heteroatoms. The Morgan fingerprint density at radius 3 is 2.50 bits per heavy atom. The number of aromatic nitrogens is 1. The molecule has 1 aliphatic heterocycles. The van der Waals surface area contributed by atoms with Crippen LogP contribution in [0.5, 0.6) is 0 Å². The summed E-state index contributed by atoms with van der Waals surface area (Å²) < 4.78 is 0. The van der Waals surface area contributed by atoms with Crippen LogP contribution in [0.15, 0.2) is 0 Å². The first-order valence-electron chi connectivity index (χ1n) is 5.74. The molecule has 1 N–H and O–H groups in total. The second-order valence-corrected chi connectivity index (χ2v) is 5.43. The Labute approximate surface area is 107 Å². The normalized spacial score (nSPS) is 19.8. The fourth-order valence-corrected chi connectivity index (χ4v) is 3.28. The van der Waals surface area contributed by atoms with Crippen molar-refractivity contribution >= 4 is 34.1 Å². The topological polar surface area (TPSA) is 79.4 Å². The van der Waals surface area contributed by atoms with Crippen LogP contribution in [0.25, 0.3) is 0 Å². The van der Waals surface area contributed by atoms with Gasteiger partial charge in [0.15, 0.2) is 10.9 Å². The Morgan fingerprint density at radius 1 is 1.11 bits per heavy atom. The van der Waals surface area contributed by atoms with Gasteiger partial charge in [-0.25, -0.2) is 4.98 Å². The summed E-state index contributed by atoms with van der Waals surface area (Å²) in [6, 6.07) is 0. The molecule has 6 nitrogen and oxygen atoms in total. The smallest absolute Gasteiger partial charge is 0.246 e. The largest absolute Gasteiger partial charge is 0.329 e. The molecule has 0 bridgehead atoms. The molecular formula is C11H11N3O3S. The van der Waals surface area contributed by atoms with Crippen molar-refractivity contribution in [1.82, 2.24) is 10.3 Å². The summed E-state index contributed by atoms with van der Waals surface area (Å²) in [5, 5.41) is 2.84. The van der Waals surface area contributed by atoms with Gasteiger partial charge in [-0.15, -0.1) is 11.3 Å². The summed E-state index contributed by atoms with van der Waals surface area (Å²) in [5.74, 6) is -0.594. The fourth-order valence-electron chi connectivity index (χ4n) is 2.16. The zero-order valence-corrected chi connectivity index (χ0v) is 10.4. The van der Waals surface area contributed by atoms with Gasteiger partial charge in [0.2, 0.25) is 11.8 Å². The van der Waals surface area contributed by atoms with E-state index in [4.69, 9.17) is 0 Å². The van der Waals surface area contributed by atoms with Crippen LogP contribution in [0.2, 0.25) is 0 Å². The Hall–Kier alpha value is -1.76. The number of thiazole rings is 1. The lowest BCUT2D eigenvalue weighted by Crippen LogP contribution is -2.51. The summed E-state index contributed by atoms with van der Waals surface area (Å²) in [6.07, 6.45) is 2.25. The van der Waals surface area contributed by atoms with Crippen molar-refractivity contribution in [2.75, 3.05) is 18.0 Å². The molecule has 0 spiro atoms. The number of amides is 2. The second kappa shape index (κ2) is 4.16. The third kappa shape index (κ3) is 1.90. The monoisotopic (exact) mass is 265 g/mol. The lowest BCUT2D eigenvalue weighted by molar-refractivity contribution is -0.130. The number of hydrogen-bond donors (Lipinski definition) is 1. The van der Waals surface area contributed by atoms with Crippen LogP contribution in [-0.4, -0.2) is 35.7 Å². The first-order chi connectivity index (χ1) is 8.63. The van der Waals surface area contributed by atoms with Gasteiger partial charge in [0.1, 0.15) is 18.8 Å². The van der Waals surface area contributed by atoms with Crippen molar-refractivity contribution in [2.24, 2.45) is 0 Å². The number of ketones is 1. The number of fused-ring (bicyclic) bond motifs is 1. The van der Waals surface area contributed by atoms with Crippen LogP contribution in [0.1, 0.15) is 28.2 Å². The first-order valence-corrected chi connectivity index (χ1v) is 6.55. The number of hydrogen-bond acceptors (Lipinski definition) is 6. The number of imide groups is 1. The Kier molecular flexibility index (Phi) is 2.62. The molecule has 0 radical (unpaired) electrons. The highest BCUT2D eigenvalue weighted by Gasteiger charge is 2.28. The molecule has 0 atom stereocenters. The first kappa shape index (κ1) is 11.3. The van der Waals surface area contributed by atoms with E-state index in [0.717, 1.165) is 17.7 Å². The highest BCUT2D eigenvalue weighted by atomic mass is 32.1. The second-order valence-electron chi connectivity index (χ2n) is 4.37. The van der Waals surface area contributed by atoms with Gasteiger partial charge >= 0.3 is 0 Å². The minimum Gasteiger partial charge on any atom is -0.329 e. The van der Waals surface area contributed by atoms with Crippen LogP contribution in [0, 0.1) is 0 Å². The molecule has 1 aromatic heterocycles. The van der Waals surface area contributed by atoms with Gasteiger partial charge in [0.25, 0.3) is 0 Å². The van der Waals surface area contributed by atoms with Crippen molar-refractivity contribution in [1.29, 1.82) is 0 Å². The lowest BCUT2D eigenvalue weighted by Gasteiger charge is -2.24. The van der Waals surface area contributed by atoms with Crippen molar-refractivity contribution < 1.29 is 14.4 Å². The van der Waals surface area contributed by atoms with Gasteiger partial charge in [0.05, 0.1) is 0 Å². The summed E-state index contributed by atoms with van der Waals surface area (Å²) in [6.45, 7) is 0.235. The number of rotatable bonds is 1. The standard InChI is InChI=1S/C11H11N3O3S/c15-6-2-1-3-7-10(6)13-11(18-7)14-4-8(16)12-9(17)5-14/h1-5H2,(H,12,16,17). The highest BCUT2D eigenvalue weighted by Crippen LogP contribution is 2.31. The van der Waals surface area contributed by atoms with Crippen molar-refractivity contribution in [2.45, 2.75) is 19.3 Å². The van der Waals surface area contributed by atoms with E-state index in [-0.39, 0.29) is 30.7 Å². The zero-order valence-electron chi connectivity index (χ0n) is 9.56. The van der Waals surface area contributed by atoms with E-state index in [9.17, 15) is 14.4 Å². The van der Waals surface area contributed by atoms with E-state index in [0.29, 0.717) is 17.2 Å². The number of anilines is 1. The molecule has 1 saturated heterocycles. The van der Waals surface area contributed by atoms with Gasteiger partial charge in [-0.2, -0.15) is 0 Å². The van der Waals surface area contributed by atoms with Crippen molar-refractivity contribution in [3.8, 4) is 0 Å². The molecule has 0 aromatic carbocycles. The number of carbonyl (C=O) groups excluding carboxylic acids is 3. The number of nitrogens with one attached hydrogen (secondary N) is 1. The molecule has 1 aliphatic carbocycles. The number of piperazine rings is 1. The predicted molar refractivity (Wildman–Crippen MR) is 64.7 cm³/mol. The van der Waals surface area contributed by atoms with E-state index in [2.05, 4.69) is 10.3 Å². The average molecular weight is 265 g/mol. The molecule has 2 heterocycles. The summed E-state index contributed by atoms with van der Waals surface area (Å²) >= 11 is 1.41. The van der Waals surface area contributed by atoms with Gasteiger partial charge in [-0.1, -0.05) is 0 Å². The molecular weight excluding hydrogens is 254 g/mol. The molecule has 0 saturated carbocycles. The predicted octanol–water partition coefficient (Wildman–Crippen LogP) is 0.125. The Balaban J connectivity index is 1.91. The van der Waals surface area contributed by atoms with E-state index < -0.39 is 0 Å². The van der Waals surface area contributed by atoms with Crippen molar-refractivity contribution in [3.63, 3.8) is 0 Å². The van der Waals surface area contributed by atoms with Gasteiger partial charge in [-0.3, -0.25) is 19.7 Å². The maximum Gasteiger partial charge on any atom is 0.246 e. The van der Waals surface area contributed by atoms with Gasteiger partial charge in [0, 0.05) is 11.3 Å². The van der Waals surface area contributed by atoms with Gasteiger partial charge < -0.3 is 4.90 Å². The molecule has 3 rings (SSSR count). The van der Waals surface area contributed by atoms with Crippen LogP contribution in [0.3, 0.4) is 0 Å². The van der Waals surface area contributed by atoms with Crippen LogP contribution < -0.4 is 10.2 Å². The fraction of sp³-hybridized carbons (Fsp3) is 0.455. The van der Waals surface area contributed by atoms with Crippen LogP contribution in [-0.2, 0) is 16.0 Å². The van der Waals surface area contributed by atoms with Gasteiger partial charge in [-0.05, 0) is 12.8 Å². The maximum absolute atomic E-state index is 11.7. The quantitative estimate of drug-likeness (QED) is 0.730. The number of aryl methyl sites for hydroxylation is 1. The Bertz CT molecular complexity index is 536. The SMILES string of the molecule is O=C1CN(c2nc3c(s2)CCCC3=O)CC(=O)N1. The molecule has 2 aliphatic rings.